The van der Waals surface area contributed by atoms with Crippen LogP contribution >= 0.6 is 0 Å². The molecule has 146 valence electrons. The molecule has 2 aliphatic heterocycles. The molecule has 7 nitrogen and oxygen atoms in total. The summed E-state index contributed by atoms with van der Waals surface area (Å²) in [5.41, 5.74) is 1.26. The smallest absolute Gasteiger partial charge is 0.161 e. The Hall–Kier alpha value is -2.12. The van der Waals surface area contributed by atoms with E-state index in [2.05, 4.69) is 37.1 Å². The van der Waals surface area contributed by atoms with Gasteiger partial charge in [0.25, 0.3) is 0 Å². The minimum absolute atomic E-state index is 0.524. The van der Waals surface area contributed by atoms with Crippen molar-refractivity contribution in [2.24, 2.45) is 0 Å². The van der Waals surface area contributed by atoms with Crippen LogP contribution in [0.25, 0.3) is 0 Å². The van der Waals surface area contributed by atoms with E-state index in [1.807, 2.05) is 13.0 Å². The molecule has 7 heteroatoms. The molecule has 0 bridgehead atoms. The number of piperidine rings is 1. The third-order valence-electron chi connectivity index (χ3n) is 5.54. The second-order valence-corrected chi connectivity index (χ2v) is 7.27. The molecule has 1 aromatic heterocycles. The Morgan fingerprint density at radius 2 is 2.00 bits per heavy atom. The fourth-order valence-electron chi connectivity index (χ4n) is 4.11. The lowest BCUT2D eigenvalue weighted by Gasteiger charge is -2.32. The van der Waals surface area contributed by atoms with E-state index >= 15 is 0 Å². The number of hydrogen-bond donors (Lipinski definition) is 1. The molecule has 2 aromatic rings. The Bertz CT molecular complexity index is 768. The van der Waals surface area contributed by atoms with E-state index < -0.39 is 0 Å². The van der Waals surface area contributed by atoms with Gasteiger partial charge in [0.05, 0.1) is 20.3 Å². The number of methoxy groups -OCH3 is 1. The van der Waals surface area contributed by atoms with E-state index in [0.717, 1.165) is 69.4 Å². The highest BCUT2D eigenvalue weighted by atomic mass is 16.5. The molecule has 0 radical (unpaired) electrons. The van der Waals surface area contributed by atoms with Crippen molar-refractivity contribution >= 4 is 0 Å². The molecule has 0 unspecified atom stereocenters. The Morgan fingerprint density at radius 1 is 1.15 bits per heavy atom. The number of rotatable bonds is 6. The number of hydrogen-bond acceptors (Lipinski definition) is 6. The maximum atomic E-state index is 5.62. The molecule has 0 spiro atoms. The maximum absolute atomic E-state index is 5.62. The van der Waals surface area contributed by atoms with Crippen LogP contribution in [0.2, 0.25) is 0 Å². The van der Waals surface area contributed by atoms with Crippen LogP contribution in [0.4, 0.5) is 0 Å². The largest absolute Gasteiger partial charge is 0.493 e. The number of fused-ring (bicyclic) bond motifs is 1. The maximum Gasteiger partial charge on any atom is 0.161 e. The first-order chi connectivity index (χ1) is 13.3. The molecule has 3 heterocycles. The molecule has 0 atom stereocenters. The van der Waals surface area contributed by atoms with Crippen molar-refractivity contribution in [1.82, 2.24) is 25.0 Å². The summed E-state index contributed by atoms with van der Waals surface area (Å²) in [7, 11) is 1.70. The van der Waals surface area contributed by atoms with Gasteiger partial charge in [-0.05, 0) is 50.6 Å². The summed E-state index contributed by atoms with van der Waals surface area (Å²) in [6.07, 6.45) is 2.28. The molecule has 1 N–H and O–H groups in total. The SMILES string of the molecule is CCOc1ccc(CN2CCC(c3nnc4n3CCNC4)CC2)cc1OC. The Morgan fingerprint density at radius 3 is 2.78 bits per heavy atom. The van der Waals surface area contributed by atoms with Crippen molar-refractivity contribution in [2.45, 2.75) is 45.3 Å². The molecular weight excluding hydrogens is 342 g/mol. The second-order valence-electron chi connectivity index (χ2n) is 7.27. The van der Waals surface area contributed by atoms with Crippen LogP contribution in [0, 0.1) is 0 Å². The van der Waals surface area contributed by atoms with Gasteiger partial charge < -0.3 is 19.4 Å². The van der Waals surface area contributed by atoms with Crippen LogP contribution in [0.1, 0.15) is 42.9 Å². The van der Waals surface area contributed by atoms with Gasteiger partial charge in [-0.2, -0.15) is 0 Å². The first-order valence-electron chi connectivity index (χ1n) is 9.93. The predicted octanol–water partition coefficient (Wildman–Crippen LogP) is 2.17. The summed E-state index contributed by atoms with van der Waals surface area (Å²) >= 11 is 0. The van der Waals surface area contributed by atoms with Gasteiger partial charge in [0, 0.05) is 25.6 Å². The lowest BCUT2D eigenvalue weighted by Crippen LogP contribution is -2.34. The summed E-state index contributed by atoms with van der Waals surface area (Å²) < 4.78 is 13.4. The van der Waals surface area contributed by atoms with Gasteiger partial charge in [0.2, 0.25) is 0 Å². The molecule has 0 saturated carbocycles. The molecule has 0 amide bonds. The van der Waals surface area contributed by atoms with E-state index in [9.17, 15) is 0 Å². The highest BCUT2D eigenvalue weighted by Crippen LogP contribution is 2.31. The normalized spacial score (nSPS) is 18.3. The molecule has 1 aromatic carbocycles. The molecule has 2 aliphatic rings. The summed E-state index contributed by atoms with van der Waals surface area (Å²) in [5.74, 6) is 4.42. The van der Waals surface area contributed by atoms with Gasteiger partial charge in [-0.3, -0.25) is 4.90 Å². The summed E-state index contributed by atoms with van der Waals surface area (Å²) in [5, 5.41) is 12.2. The van der Waals surface area contributed by atoms with Gasteiger partial charge >= 0.3 is 0 Å². The first kappa shape index (κ1) is 18.3. The van der Waals surface area contributed by atoms with Gasteiger partial charge in [-0.1, -0.05) is 6.07 Å². The van der Waals surface area contributed by atoms with E-state index in [1.54, 1.807) is 7.11 Å². The van der Waals surface area contributed by atoms with Crippen LogP contribution in [-0.2, 0) is 19.6 Å². The summed E-state index contributed by atoms with van der Waals surface area (Å²) in [4.78, 5) is 2.51. The van der Waals surface area contributed by atoms with Crippen molar-refractivity contribution in [2.75, 3.05) is 33.4 Å². The quantitative estimate of drug-likeness (QED) is 0.840. The topological polar surface area (TPSA) is 64.4 Å². The number of benzene rings is 1. The van der Waals surface area contributed by atoms with Gasteiger partial charge in [-0.25, -0.2) is 0 Å². The van der Waals surface area contributed by atoms with E-state index in [1.165, 1.54) is 11.4 Å². The molecule has 1 fully saturated rings. The fourth-order valence-corrected chi connectivity index (χ4v) is 4.11. The monoisotopic (exact) mass is 371 g/mol. The van der Waals surface area contributed by atoms with Crippen molar-refractivity contribution < 1.29 is 9.47 Å². The summed E-state index contributed by atoms with van der Waals surface area (Å²) in [6.45, 7) is 8.58. The van der Waals surface area contributed by atoms with Crippen LogP contribution in [-0.4, -0.2) is 53.0 Å². The zero-order chi connectivity index (χ0) is 18.6. The number of aromatic nitrogens is 3. The van der Waals surface area contributed by atoms with Gasteiger partial charge in [0.15, 0.2) is 11.5 Å². The van der Waals surface area contributed by atoms with E-state index in [0.29, 0.717) is 12.5 Å². The first-order valence-corrected chi connectivity index (χ1v) is 9.93. The number of nitrogens with zero attached hydrogens (tertiary/aromatic N) is 4. The summed E-state index contributed by atoms with van der Waals surface area (Å²) in [6, 6.07) is 6.25. The van der Waals surface area contributed by atoms with Gasteiger partial charge in [0.1, 0.15) is 11.6 Å². The standard InChI is InChI=1S/C20H29N5O2/c1-3-27-17-5-4-15(12-18(17)26-2)14-24-9-6-16(7-10-24)20-23-22-19-13-21-8-11-25(19)20/h4-5,12,16,21H,3,6-11,13-14H2,1-2H3. The highest BCUT2D eigenvalue weighted by Gasteiger charge is 2.27. The zero-order valence-corrected chi connectivity index (χ0v) is 16.3. The molecular formula is C20H29N5O2. The number of nitrogens with one attached hydrogen (secondary N) is 1. The Balaban J connectivity index is 1.36. The lowest BCUT2D eigenvalue weighted by molar-refractivity contribution is 0.199. The number of ether oxygens (including phenoxy) is 2. The highest BCUT2D eigenvalue weighted by molar-refractivity contribution is 5.43. The van der Waals surface area contributed by atoms with Crippen molar-refractivity contribution in [3.05, 3.63) is 35.4 Å². The van der Waals surface area contributed by atoms with Crippen LogP contribution in [0.15, 0.2) is 18.2 Å². The van der Waals surface area contributed by atoms with Crippen LogP contribution in [0.3, 0.4) is 0 Å². The minimum atomic E-state index is 0.524. The average molecular weight is 371 g/mol. The average Bonchev–Trinajstić information content (AvgIpc) is 3.14. The van der Waals surface area contributed by atoms with Crippen LogP contribution in [0.5, 0.6) is 11.5 Å². The number of likely N-dealkylation sites (tertiary alicyclic amines) is 1. The third-order valence-corrected chi connectivity index (χ3v) is 5.54. The second kappa shape index (κ2) is 8.27. The van der Waals surface area contributed by atoms with Crippen molar-refractivity contribution in [3.8, 4) is 11.5 Å². The minimum Gasteiger partial charge on any atom is -0.493 e. The molecule has 27 heavy (non-hydrogen) atoms. The van der Waals surface area contributed by atoms with Crippen molar-refractivity contribution in [1.29, 1.82) is 0 Å². The van der Waals surface area contributed by atoms with Crippen LogP contribution < -0.4 is 14.8 Å². The lowest BCUT2D eigenvalue weighted by atomic mass is 9.95. The van der Waals surface area contributed by atoms with E-state index in [-0.39, 0.29) is 0 Å². The predicted molar refractivity (Wildman–Crippen MR) is 103 cm³/mol. The van der Waals surface area contributed by atoms with Crippen molar-refractivity contribution in [3.63, 3.8) is 0 Å². The molecule has 0 aliphatic carbocycles. The van der Waals surface area contributed by atoms with E-state index in [4.69, 9.17) is 9.47 Å². The Labute approximate surface area is 160 Å². The zero-order valence-electron chi connectivity index (χ0n) is 16.3. The Kier molecular flexibility index (Phi) is 5.59. The molecule has 4 rings (SSSR count). The third kappa shape index (κ3) is 3.94. The fraction of sp³-hybridized carbons (Fsp3) is 0.600. The molecule has 1 saturated heterocycles. The van der Waals surface area contributed by atoms with Gasteiger partial charge in [-0.15, -0.1) is 10.2 Å².